The van der Waals surface area contributed by atoms with E-state index in [4.69, 9.17) is 4.74 Å². The van der Waals surface area contributed by atoms with Crippen LogP contribution in [0.25, 0.3) is 10.9 Å². The van der Waals surface area contributed by atoms with E-state index in [-0.39, 0.29) is 23.8 Å². The zero-order chi connectivity index (χ0) is 26.3. The lowest BCUT2D eigenvalue weighted by atomic mass is 9.93. The summed E-state index contributed by atoms with van der Waals surface area (Å²) in [5.41, 5.74) is 2.45. The first kappa shape index (κ1) is 25.5. The predicted octanol–water partition coefficient (Wildman–Crippen LogP) is 2.47. The van der Waals surface area contributed by atoms with Crippen molar-refractivity contribution in [1.82, 2.24) is 24.9 Å². The van der Waals surface area contributed by atoms with Gasteiger partial charge in [0.15, 0.2) is 0 Å². The number of nitrogens with one attached hydrogen (secondary N) is 1. The second kappa shape index (κ2) is 9.96. The van der Waals surface area contributed by atoms with E-state index < -0.39 is 5.60 Å². The van der Waals surface area contributed by atoms with Crippen LogP contribution < -0.4 is 10.2 Å². The van der Waals surface area contributed by atoms with Crippen LogP contribution in [0.5, 0.6) is 0 Å². The molecule has 2 aromatic rings. The van der Waals surface area contributed by atoms with E-state index in [9.17, 15) is 14.4 Å². The third kappa shape index (κ3) is 5.58. The number of anilines is 1. The van der Waals surface area contributed by atoms with Crippen LogP contribution in [-0.2, 0) is 21.4 Å². The van der Waals surface area contributed by atoms with Crippen LogP contribution in [0.3, 0.4) is 0 Å². The normalized spacial score (nSPS) is 23.6. The van der Waals surface area contributed by atoms with Gasteiger partial charge in [0.1, 0.15) is 5.60 Å². The first-order chi connectivity index (χ1) is 17.6. The molecule has 200 valence electrons. The maximum atomic E-state index is 12.4. The van der Waals surface area contributed by atoms with Gasteiger partial charge in [0.2, 0.25) is 11.8 Å². The number of piperidine rings is 1. The summed E-state index contributed by atoms with van der Waals surface area (Å²) in [5.74, 6) is -0.277. The minimum absolute atomic E-state index is 0.211. The highest BCUT2D eigenvalue weighted by atomic mass is 16.6. The molecule has 3 amide bonds. The number of nitrogens with zero attached hydrogens (tertiary/aromatic N) is 5. The fourth-order valence-corrected chi connectivity index (χ4v) is 5.70. The number of carbonyl (C=O) groups is 3. The second-order valence-electron chi connectivity index (χ2n) is 11.6. The summed E-state index contributed by atoms with van der Waals surface area (Å²) in [7, 11) is 1.91. The van der Waals surface area contributed by atoms with E-state index in [1.54, 1.807) is 0 Å². The lowest BCUT2D eigenvalue weighted by molar-refractivity contribution is -0.134. The highest BCUT2D eigenvalue weighted by Gasteiger charge is 2.33. The van der Waals surface area contributed by atoms with Crippen LogP contribution >= 0.6 is 0 Å². The van der Waals surface area contributed by atoms with Gasteiger partial charge in [0, 0.05) is 70.4 Å². The van der Waals surface area contributed by atoms with E-state index in [1.807, 2.05) is 37.4 Å². The molecule has 1 N–H and O–H groups in total. The molecular formula is C27H38N6O4. The van der Waals surface area contributed by atoms with Crippen LogP contribution in [-0.4, -0.2) is 88.9 Å². The van der Waals surface area contributed by atoms with Gasteiger partial charge in [-0.3, -0.25) is 24.5 Å². The Kier molecular flexibility index (Phi) is 6.87. The minimum atomic E-state index is -0.466. The molecule has 0 radical (unpaired) electrons. The first-order valence-corrected chi connectivity index (χ1v) is 13.3. The van der Waals surface area contributed by atoms with E-state index in [0.29, 0.717) is 31.8 Å². The fourth-order valence-electron chi connectivity index (χ4n) is 5.70. The summed E-state index contributed by atoms with van der Waals surface area (Å²) in [5, 5.41) is 8.09. The van der Waals surface area contributed by atoms with Crippen molar-refractivity contribution >= 4 is 34.5 Å². The monoisotopic (exact) mass is 510 g/mol. The number of ether oxygens (including phenoxy) is 1. The molecule has 1 aromatic carbocycles. The van der Waals surface area contributed by atoms with Gasteiger partial charge in [-0.2, -0.15) is 5.10 Å². The predicted molar refractivity (Wildman–Crippen MR) is 140 cm³/mol. The molecule has 3 aliphatic rings. The van der Waals surface area contributed by atoms with E-state index in [1.165, 1.54) is 5.69 Å². The minimum Gasteiger partial charge on any atom is -0.444 e. The van der Waals surface area contributed by atoms with Gasteiger partial charge in [0.25, 0.3) is 0 Å². The van der Waals surface area contributed by atoms with Gasteiger partial charge in [0.05, 0.1) is 17.1 Å². The highest BCUT2D eigenvalue weighted by Crippen LogP contribution is 2.33. The largest absolute Gasteiger partial charge is 0.444 e. The summed E-state index contributed by atoms with van der Waals surface area (Å²) in [6, 6.07) is 6.36. The van der Waals surface area contributed by atoms with Crippen LogP contribution in [0.15, 0.2) is 18.2 Å². The number of amides is 3. The topological polar surface area (TPSA) is 100 Å². The van der Waals surface area contributed by atoms with Gasteiger partial charge in [-0.15, -0.1) is 0 Å². The smallest absolute Gasteiger partial charge is 0.410 e. The van der Waals surface area contributed by atoms with Crippen molar-refractivity contribution in [1.29, 1.82) is 0 Å². The van der Waals surface area contributed by atoms with Gasteiger partial charge >= 0.3 is 6.09 Å². The lowest BCUT2D eigenvalue weighted by Gasteiger charge is -2.36. The van der Waals surface area contributed by atoms with Crippen molar-refractivity contribution in [3.05, 3.63) is 23.9 Å². The number of benzene rings is 1. The van der Waals surface area contributed by atoms with E-state index >= 15 is 0 Å². The fraction of sp³-hybridized carbons (Fsp3) is 0.630. The molecule has 3 aliphatic heterocycles. The number of hydrogen-bond acceptors (Lipinski definition) is 7. The Labute approximate surface area is 217 Å². The Bertz CT molecular complexity index is 1190. The van der Waals surface area contributed by atoms with E-state index in [2.05, 4.69) is 38.4 Å². The molecule has 0 aliphatic carbocycles. The molecule has 10 nitrogen and oxygen atoms in total. The van der Waals surface area contributed by atoms with Crippen LogP contribution in [0.2, 0.25) is 0 Å². The number of piperazine rings is 1. The lowest BCUT2D eigenvalue weighted by Crippen LogP contribution is -2.51. The second-order valence-corrected chi connectivity index (χ2v) is 11.6. The van der Waals surface area contributed by atoms with Crippen LogP contribution in [0.1, 0.15) is 51.6 Å². The Balaban J connectivity index is 1.18. The molecule has 0 saturated carbocycles. The number of hydrogen-bond donors (Lipinski definition) is 1. The third-order valence-electron chi connectivity index (χ3n) is 7.62. The zero-order valence-electron chi connectivity index (χ0n) is 22.3. The van der Waals surface area contributed by atoms with Crippen molar-refractivity contribution in [2.45, 2.75) is 51.6 Å². The summed E-state index contributed by atoms with van der Waals surface area (Å²) in [4.78, 5) is 43.0. The number of carbonyl (C=O) groups excluding carboxylic acids is 3. The Morgan fingerprint density at radius 1 is 1.11 bits per heavy atom. The SMILES string of the molecule is Cn1nc(C2CCC(=O)NC2=O)c2ccc(N3CC[C@@H](CN4CCN(C(=O)OC(C)(C)C)CC4)C3)cc21. The van der Waals surface area contributed by atoms with Gasteiger partial charge < -0.3 is 14.5 Å². The van der Waals surface area contributed by atoms with Gasteiger partial charge in [-0.1, -0.05) is 0 Å². The Hall–Kier alpha value is -3.14. The maximum absolute atomic E-state index is 12.4. The number of aromatic nitrogens is 2. The summed E-state index contributed by atoms with van der Waals surface area (Å²) in [6.45, 7) is 11.9. The van der Waals surface area contributed by atoms with Crippen molar-refractivity contribution in [3.63, 3.8) is 0 Å². The molecule has 1 unspecified atom stereocenters. The maximum Gasteiger partial charge on any atom is 0.410 e. The third-order valence-corrected chi connectivity index (χ3v) is 7.62. The number of rotatable bonds is 4. The molecule has 3 fully saturated rings. The highest BCUT2D eigenvalue weighted by molar-refractivity contribution is 6.02. The molecule has 3 saturated heterocycles. The molecule has 1 aromatic heterocycles. The molecule has 37 heavy (non-hydrogen) atoms. The van der Waals surface area contributed by atoms with Crippen LogP contribution in [0.4, 0.5) is 10.5 Å². The molecular weight excluding hydrogens is 472 g/mol. The van der Waals surface area contributed by atoms with Crippen molar-refractivity contribution in [3.8, 4) is 0 Å². The molecule has 0 bridgehead atoms. The molecule has 10 heteroatoms. The standard InChI is InChI=1S/C27H38N6O4/c1-27(2,3)37-26(36)32-13-11-31(12-14-32)16-18-9-10-33(17-18)19-5-6-20-22(15-19)30(4)29-24(20)21-7-8-23(34)28-25(21)35/h5-6,15,18,21H,7-14,16-17H2,1-4H3,(H,28,34,35)/t18-,21?/m0/s1. The number of imide groups is 1. The van der Waals surface area contributed by atoms with Gasteiger partial charge in [-0.05, 0) is 57.7 Å². The summed E-state index contributed by atoms with van der Waals surface area (Å²) in [6.07, 6.45) is 1.76. The zero-order valence-corrected chi connectivity index (χ0v) is 22.3. The van der Waals surface area contributed by atoms with Crippen molar-refractivity contribution < 1.29 is 19.1 Å². The van der Waals surface area contributed by atoms with Gasteiger partial charge in [-0.25, -0.2) is 4.79 Å². The average molecular weight is 511 g/mol. The van der Waals surface area contributed by atoms with Crippen molar-refractivity contribution in [2.75, 3.05) is 50.7 Å². The first-order valence-electron chi connectivity index (χ1n) is 13.3. The number of aryl methyl sites for hydroxylation is 1. The molecule has 4 heterocycles. The number of fused-ring (bicyclic) bond motifs is 1. The molecule has 0 spiro atoms. The Morgan fingerprint density at radius 3 is 2.57 bits per heavy atom. The molecule has 2 atom stereocenters. The quantitative estimate of drug-likeness (QED) is 0.631. The van der Waals surface area contributed by atoms with Crippen LogP contribution in [0, 0.1) is 5.92 Å². The summed E-state index contributed by atoms with van der Waals surface area (Å²) >= 11 is 0. The van der Waals surface area contributed by atoms with Crippen molar-refractivity contribution in [2.24, 2.45) is 13.0 Å². The van der Waals surface area contributed by atoms with E-state index in [0.717, 1.165) is 55.7 Å². The molecule has 5 rings (SSSR count). The Morgan fingerprint density at radius 2 is 1.86 bits per heavy atom. The summed E-state index contributed by atoms with van der Waals surface area (Å²) < 4.78 is 7.36. The average Bonchev–Trinajstić information content (AvgIpc) is 3.43.